The summed E-state index contributed by atoms with van der Waals surface area (Å²) in [6.07, 6.45) is 0. The fraction of sp³-hybridized carbons (Fsp3) is 0.188. The molecule has 0 saturated heterocycles. The van der Waals surface area contributed by atoms with Gasteiger partial charge in [-0.1, -0.05) is 22.0 Å². The predicted octanol–water partition coefficient (Wildman–Crippen LogP) is 4.13. The first-order chi connectivity index (χ1) is 9.94. The zero-order valence-electron chi connectivity index (χ0n) is 12.0. The van der Waals surface area contributed by atoms with Crippen LogP contribution in [0.15, 0.2) is 45.9 Å². The zero-order valence-corrected chi connectivity index (χ0v) is 13.5. The number of nitrogens with zero attached hydrogens (tertiary/aromatic N) is 1. The van der Waals surface area contributed by atoms with Gasteiger partial charge in [0, 0.05) is 15.7 Å². The van der Waals surface area contributed by atoms with Crippen molar-refractivity contribution in [2.45, 2.75) is 20.4 Å². The molecule has 0 atom stereocenters. The van der Waals surface area contributed by atoms with Crippen LogP contribution < -0.4 is 11.1 Å². The molecule has 5 heteroatoms. The van der Waals surface area contributed by atoms with E-state index in [-0.39, 0.29) is 18.3 Å². The Kier molecular flexibility index (Phi) is 4.96. The third kappa shape index (κ3) is 4.56. The van der Waals surface area contributed by atoms with E-state index in [0.29, 0.717) is 5.56 Å². The number of hydrogen-bond donors (Lipinski definition) is 2. The summed E-state index contributed by atoms with van der Waals surface area (Å²) < 4.78 is 14.4. The Morgan fingerprint density at radius 3 is 2.52 bits per heavy atom. The Morgan fingerprint density at radius 1 is 1.19 bits per heavy atom. The number of aryl methyl sites for hydroxylation is 2. The average molecular weight is 350 g/mol. The van der Waals surface area contributed by atoms with Crippen molar-refractivity contribution in [2.75, 3.05) is 5.32 Å². The number of guanidine groups is 1. The molecule has 0 bridgehead atoms. The Balaban J connectivity index is 2.09. The third-order valence-corrected chi connectivity index (χ3v) is 3.41. The van der Waals surface area contributed by atoms with Gasteiger partial charge in [0.1, 0.15) is 5.82 Å². The zero-order chi connectivity index (χ0) is 15.4. The van der Waals surface area contributed by atoms with Crippen LogP contribution in [0.3, 0.4) is 0 Å². The summed E-state index contributed by atoms with van der Waals surface area (Å²) >= 11 is 3.31. The van der Waals surface area contributed by atoms with E-state index >= 15 is 0 Å². The molecular formula is C16H17BrFN3. The third-order valence-electron chi connectivity index (χ3n) is 2.92. The quantitative estimate of drug-likeness (QED) is 0.646. The fourth-order valence-corrected chi connectivity index (χ4v) is 2.48. The molecule has 0 unspecified atom stereocenters. The van der Waals surface area contributed by atoms with Gasteiger partial charge in [0.25, 0.3) is 0 Å². The first-order valence-corrected chi connectivity index (χ1v) is 7.32. The van der Waals surface area contributed by atoms with Gasteiger partial charge in [0.2, 0.25) is 0 Å². The minimum absolute atomic E-state index is 0.189. The normalized spacial score (nSPS) is 11.5. The van der Waals surface area contributed by atoms with Crippen LogP contribution in [-0.4, -0.2) is 5.96 Å². The van der Waals surface area contributed by atoms with E-state index in [1.54, 1.807) is 12.1 Å². The second-order valence-corrected chi connectivity index (χ2v) is 5.85. The lowest BCUT2D eigenvalue weighted by Crippen LogP contribution is -2.22. The Labute approximate surface area is 132 Å². The Bertz CT molecular complexity index is 663. The van der Waals surface area contributed by atoms with Gasteiger partial charge in [-0.3, -0.25) is 0 Å². The molecule has 2 aromatic rings. The van der Waals surface area contributed by atoms with Crippen LogP contribution in [0.1, 0.15) is 16.7 Å². The van der Waals surface area contributed by atoms with Crippen molar-refractivity contribution in [3.63, 3.8) is 0 Å². The van der Waals surface area contributed by atoms with Gasteiger partial charge in [0.05, 0.1) is 6.54 Å². The lowest BCUT2D eigenvalue weighted by atomic mass is 10.1. The maximum absolute atomic E-state index is 13.6. The average Bonchev–Trinajstić information content (AvgIpc) is 2.38. The molecule has 0 amide bonds. The molecule has 0 aliphatic rings. The minimum Gasteiger partial charge on any atom is -0.370 e. The molecule has 0 fully saturated rings. The highest BCUT2D eigenvalue weighted by Gasteiger charge is 2.03. The summed E-state index contributed by atoms with van der Waals surface area (Å²) in [4.78, 5) is 4.17. The molecule has 0 spiro atoms. The summed E-state index contributed by atoms with van der Waals surface area (Å²) in [5.41, 5.74) is 9.50. The molecule has 21 heavy (non-hydrogen) atoms. The molecule has 110 valence electrons. The Morgan fingerprint density at radius 2 is 1.86 bits per heavy atom. The molecule has 3 nitrogen and oxygen atoms in total. The second kappa shape index (κ2) is 6.72. The van der Waals surface area contributed by atoms with Crippen LogP contribution in [0.5, 0.6) is 0 Å². The highest BCUT2D eigenvalue weighted by Crippen LogP contribution is 2.17. The van der Waals surface area contributed by atoms with Crippen LogP contribution in [0.4, 0.5) is 10.1 Å². The van der Waals surface area contributed by atoms with Gasteiger partial charge >= 0.3 is 0 Å². The van der Waals surface area contributed by atoms with Gasteiger partial charge in [-0.25, -0.2) is 9.38 Å². The van der Waals surface area contributed by atoms with Gasteiger partial charge in [-0.05, 0) is 55.3 Å². The number of aliphatic imine (C=N–C) groups is 1. The van der Waals surface area contributed by atoms with E-state index in [9.17, 15) is 4.39 Å². The number of halogens is 2. The number of benzene rings is 2. The van der Waals surface area contributed by atoms with Crippen molar-refractivity contribution in [1.82, 2.24) is 0 Å². The van der Waals surface area contributed by atoms with Crippen LogP contribution in [0.2, 0.25) is 0 Å². The topological polar surface area (TPSA) is 50.4 Å². The number of nitrogens with one attached hydrogen (secondary N) is 1. The highest BCUT2D eigenvalue weighted by atomic mass is 79.9. The Hall–Kier alpha value is -1.88. The smallest absolute Gasteiger partial charge is 0.193 e. The molecule has 0 aliphatic heterocycles. The van der Waals surface area contributed by atoms with Gasteiger partial charge in [-0.15, -0.1) is 0 Å². The minimum atomic E-state index is -0.291. The molecule has 0 saturated carbocycles. The highest BCUT2D eigenvalue weighted by molar-refractivity contribution is 9.10. The molecule has 0 heterocycles. The summed E-state index contributed by atoms with van der Waals surface area (Å²) in [5.74, 6) is -0.0273. The number of nitrogens with two attached hydrogens (primary N) is 1. The van der Waals surface area contributed by atoms with E-state index in [2.05, 4.69) is 32.3 Å². The van der Waals surface area contributed by atoms with Crippen LogP contribution >= 0.6 is 15.9 Å². The van der Waals surface area contributed by atoms with Gasteiger partial charge in [-0.2, -0.15) is 0 Å². The van der Waals surface area contributed by atoms with Crippen molar-refractivity contribution in [1.29, 1.82) is 0 Å². The number of rotatable bonds is 3. The second-order valence-electron chi connectivity index (χ2n) is 4.94. The molecule has 0 radical (unpaired) electrons. The van der Waals surface area contributed by atoms with E-state index in [1.165, 1.54) is 6.07 Å². The number of hydrogen-bond acceptors (Lipinski definition) is 1. The number of anilines is 1. The van der Waals surface area contributed by atoms with Crippen molar-refractivity contribution in [3.8, 4) is 0 Å². The molecule has 2 aromatic carbocycles. The van der Waals surface area contributed by atoms with Crippen LogP contribution in [0, 0.1) is 19.7 Å². The molecule has 0 aliphatic carbocycles. The standard InChI is InChI=1S/C16H17BrFN3/c1-10-5-11(2)7-14(6-10)21-16(19)20-9-12-8-13(17)3-4-15(12)18/h3-8H,9H2,1-2H3,(H3,19,20,21). The van der Waals surface area contributed by atoms with Gasteiger partial charge in [0.15, 0.2) is 5.96 Å². The van der Waals surface area contributed by atoms with Crippen molar-refractivity contribution < 1.29 is 4.39 Å². The molecule has 2 rings (SSSR count). The van der Waals surface area contributed by atoms with Gasteiger partial charge < -0.3 is 11.1 Å². The maximum Gasteiger partial charge on any atom is 0.193 e. The maximum atomic E-state index is 13.6. The van der Waals surface area contributed by atoms with E-state index < -0.39 is 0 Å². The van der Waals surface area contributed by atoms with Crippen molar-refractivity contribution in [2.24, 2.45) is 10.7 Å². The van der Waals surface area contributed by atoms with Crippen molar-refractivity contribution >= 4 is 27.6 Å². The lowest BCUT2D eigenvalue weighted by Gasteiger charge is -2.08. The molecule has 3 N–H and O–H groups in total. The first-order valence-electron chi connectivity index (χ1n) is 6.53. The SMILES string of the molecule is Cc1cc(C)cc(NC(N)=NCc2cc(Br)ccc2F)c1. The summed E-state index contributed by atoms with van der Waals surface area (Å²) in [6, 6.07) is 10.8. The van der Waals surface area contributed by atoms with E-state index in [1.807, 2.05) is 26.0 Å². The monoisotopic (exact) mass is 349 g/mol. The van der Waals surface area contributed by atoms with Crippen LogP contribution in [-0.2, 0) is 6.54 Å². The predicted molar refractivity (Wildman–Crippen MR) is 89.0 cm³/mol. The summed E-state index contributed by atoms with van der Waals surface area (Å²) in [7, 11) is 0. The summed E-state index contributed by atoms with van der Waals surface area (Å²) in [5, 5.41) is 3.02. The first kappa shape index (κ1) is 15.5. The molecular weight excluding hydrogens is 333 g/mol. The van der Waals surface area contributed by atoms with E-state index in [4.69, 9.17) is 5.73 Å². The van der Waals surface area contributed by atoms with Crippen LogP contribution in [0.25, 0.3) is 0 Å². The fourth-order valence-electron chi connectivity index (χ4n) is 2.07. The summed E-state index contributed by atoms with van der Waals surface area (Å²) in [6.45, 7) is 4.22. The van der Waals surface area contributed by atoms with E-state index in [0.717, 1.165) is 21.3 Å². The lowest BCUT2D eigenvalue weighted by molar-refractivity contribution is 0.610. The molecule has 0 aromatic heterocycles. The largest absolute Gasteiger partial charge is 0.370 e. The van der Waals surface area contributed by atoms with Crippen molar-refractivity contribution in [3.05, 3.63) is 63.4 Å².